The number of carboxylic acid groups (broad SMARTS) is 1. The minimum atomic E-state index is -4.82. The summed E-state index contributed by atoms with van der Waals surface area (Å²) in [5, 5.41) is 15.9. The van der Waals surface area contributed by atoms with Crippen molar-refractivity contribution < 1.29 is 29.4 Å². The monoisotopic (exact) mass is 268 g/mol. The molecule has 0 rings (SSSR count). The van der Waals surface area contributed by atoms with Crippen LogP contribution in [0.25, 0.3) is 0 Å². The molecule has 7 heteroatoms. The molecule has 1 atom stereocenters. The third kappa shape index (κ3) is 6.17. The molecule has 0 radical (unpaired) electrons. The topological polar surface area (TPSA) is 115 Å². The van der Waals surface area contributed by atoms with Crippen molar-refractivity contribution in [1.29, 1.82) is 0 Å². The summed E-state index contributed by atoms with van der Waals surface area (Å²) >= 11 is 0. The van der Waals surface area contributed by atoms with Crippen molar-refractivity contribution in [3.05, 3.63) is 0 Å². The van der Waals surface area contributed by atoms with Gasteiger partial charge < -0.3 is 20.0 Å². The van der Waals surface area contributed by atoms with Gasteiger partial charge in [0.25, 0.3) is 0 Å². The Hall–Kier alpha value is -0.420. The van der Waals surface area contributed by atoms with Crippen molar-refractivity contribution in [2.75, 3.05) is 0 Å². The van der Waals surface area contributed by atoms with Gasteiger partial charge in [-0.1, -0.05) is 32.6 Å². The number of unbranched alkanes of at least 4 members (excludes halogenated alkanes) is 4. The lowest BCUT2D eigenvalue weighted by Gasteiger charge is -2.27. The molecule has 0 aliphatic rings. The van der Waals surface area contributed by atoms with Crippen LogP contribution in [0.4, 0.5) is 0 Å². The second-order valence-electron chi connectivity index (χ2n) is 4.26. The van der Waals surface area contributed by atoms with Crippen LogP contribution < -0.4 is 0 Å². The number of hydrogen-bond donors (Lipinski definition) is 4. The fraction of sp³-hybridized carbons (Fsp3) is 0.900. The van der Waals surface area contributed by atoms with E-state index in [0.717, 1.165) is 25.7 Å². The molecule has 1 unspecified atom stereocenters. The molecular formula is C10H21O6P. The Bertz CT molecular complexity index is 287. The second kappa shape index (κ2) is 7.11. The van der Waals surface area contributed by atoms with Gasteiger partial charge in [-0.15, -0.1) is 0 Å². The molecule has 4 N–H and O–H groups in total. The first-order chi connectivity index (χ1) is 7.73. The van der Waals surface area contributed by atoms with Crippen molar-refractivity contribution >= 4 is 13.6 Å². The third-order valence-corrected chi connectivity index (χ3v) is 4.12. The molecule has 0 saturated carbocycles. The molecule has 0 saturated heterocycles. The summed E-state index contributed by atoms with van der Waals surface area (Å²) in [6.45, 7) is 2.04. The summed E-state index contributed by atoms with van der Waals surface area (Å²) in [4.78, 5) is 28.5. The second-order valence-corrected chi connectivity index (χ2v) is 6.18. The number of carboxylic acids is 1. The zero-order chi connectivity index (χ0) is 13.5. The highest BCUT2D eigenvalue weighted by molar-refractivity contribution is 7.53. The Morgan fingerprint density at radius 3 is 2.12 bits per heavy atom. The predicted octanol–water partition coefficient (Wildman–Crippen LogP) is 1.69. The predicted molar refractivity (Wildman–Crippen MR) is 62.6 cm³/mol. The molecular weight excluding hydrogens is 247 g/mol. The fourth-order valence-corrected chi connectivity index (χ4v) is 2.38. The average molecular weight is 268 g/mol. The minimum absolute atomic E-state index is 0.187. The molecule has 17 heavy (non-hydrogen) atoms. The van der Waals surface area contributed by atoms with Crippen LogP contribution in [0.3, 0.4) is 0 Å². The summed E-state index contributed by atoms with van der Waals surface area (Å²) in [7, 11) is -4.82. The Morgan fingerprint density at radius 1 is 1.18 bits per heavy atom. The van der Waals surface area contributed by atoms with E-state index in [1.807, 2.05) is 6.92 Å². The van der Waals surface area contributed by atoms with Crippen LogP contribution in [0.2, 0.25) is 0 Å². The van der Waals surface area contributed by atoms with E-state index in [9.17, 15) is 14.5 Å². The first kappa shape index (κ1) is 16.6. The van der Waals surface area contributed by atoms with Crippen LogP contribution in [0, 0.1) is 0 Å². The van der Waals surface area contributed by atoms with Crippen molar-refractivity contribution in [2.24, 2.45) is 0 Å². The Labute approximate surface area is 101 Å². The molecule has 102 valence electrons. The number of aliphatic carboxylic acids is 1. The van der Waals surface area contributed by atoms with Crippen LogP contribution in [0.15, 0.2) is 0 Å². The van der Waals surface area contributed by atoms with Gasteiger partial charge in [0.1, 0.15) is 0 Å². The van der Waals surface area contributed by atoms with Gasteiger partial charge >= 0.3 is 13.6 Å². The summed E-state index contributed by atoms with van der Waals surface area (Å²) in [5.74, 6) is -1.41. The molecule has 0 aromatic carbocycles. The molecule has 0 bridgehead atoms. The van der Waals surface area contributed by atoms with Crippen molar-refractivity contribution in [1.82, 2.24) is 0 Å². The summed E-state index contributed by atoms with van der Waals surface area (Å²) in [6.07, 6.45) is 3.01. The molecule has 0 aliphatic heterocycles. The zero-order valence-electron chi connectivity index (χ0n) is 10.0. The number of rotatable bonds is 9. The highest BCUT2D eigenvalue weighted by Gasteiger charge is 2.46. The van der Waals surface area contributed by atoms with Crippen LogP contribution in [-0.4, -0.2) is 31.3 Å². The van der Waals surface area contributed by atoms with Crippen molar-refractivity contribution in [2.45, 2.75) is 57.2 Å². The van der Waals surface area contributed by atoms with E-state index in [1.165, 1.54) is 0 Å². The summed E-state index contributed by atoms with van der Waals surface area (Å²) in [5.41, 5.74) is 0. The van der Waals surface area contributed by atoms with Gasteiger partial charge in [0.05, 0.1) is 6.42 Å². The highest BCUT2D eigenvalue weighted by Crippen LogP contribution is 2.53. The lowest BCUT2D eigenvalue weighted by molar-refractivity contribution is -0.140. The first-order valence-corrected chi connectivity index (χ1v) is 7.34. The van der Waals surface area contributed by atoms with E-state index >= 15 is 0 Å². The van der Waals surface area contributed by atoms with Gasteiger partial charge in [-0.05, 0) is 12.8 Å². The lowest BCUT2D eigenvalue weighted by atomic mass is 10.1. The standard InChI is InChI=1S/C10H21O6P/c1-2-3-4-5-6-7-10(13,8-9(11)12)17(14,15)16/h13H,2-8H2,1H3,(H,11,12)(H2,14,15,16). The van der Waals surface area contributed by atoms with E-state index in [-0.39, 0.29) is 6.42 Å². The fourth-order valence-electron chi connectivity index (χ4n) is 1.59. The minimum Gasteiger partial charge on any atom is -0.481 e. The van der Waals surface area contributed by atoms with Gasteiger partial charge in [0.15, 0.2) is 5.34 Å². The van der Waals surface area contributed by atoms with Gasteiger partial charge in [-0.25, -0.2) is 0 Å². The highest BCUT2D eigenvalue weighted by atomic mass is 31.2. The normalized spacial score (nSPS) is 15.5. The molecule has 0 spiro atoms. The van der Waals surface area contributed by atoms with E-state index in [2.05, 4.69) is 0 Å². The molecule has 0 aromatic rings. The maximum absolute atomic E-state index is 11.1. The maximum Gasteiger partial charge on any atom is 0.357 e. The van der Waals surface area contributed by atoms with E-state index in [4.69, 9.17) is 14.9 Å². The molecule has 0 amide bonds. The number of carbonyl (C=O) groups is 1. The Kier molecular flexibility index (Phi) is 6.94. The van der Waals surface area contributed by atoms with E-state index < -0.39 is 25.3 Å². The van der Waals surface area contributed by atoms with E-state index in [0.29, 0.717) is 6.42 Å². The maximum atomic E-state index is 11.1. The lowest BCUT2D eigenvalue weighted by Crippen LogP contribution is -2.31. The molecule has 0 heterocycles. The van der Waals surface area contributed by atoms with Gasteiger partial charge in [0.2, 0.25) is 0 Å². The Balaban J connectivity index is 4.31. The SMILES string of the molecule is CCCCCCCC(O)(CC(=O)O)P(=O)(O)O. The van der Waals surface area contributed by atoms with Crippen LogP contribution in [0.5, 0.6) is 0 Å². The summed E-state index contributed by atoms with van der Waals surface area (Å²) < 4.78 is 11.1. The smallest absolute Gasteiger partial charge is 0.357 e. The van der Waals surface area contributed by atoms with Crippen LogP contribution >= 0.6 is 7.60 Å². The van der Waals surface area contributed by atoms with Gasteiger partial charge in [-0.2, -0.15) is 0 Å². The third-order valence-electron chi connectivity index (χ3n) is 2.66. The van der Waals surface area contributed by atoms with Crippen molar-refractivity contribution in [3.63, 3.8) is 0 Å². The average Bonchev–Trinajstić information content (AvgIpc) is 2.14. The van der Waals surface area contributed by atoms with Crippen LogP contribution in [0.1, 0.15) is 51.9 Å². The molecule has 0 fully saturated rings. The zero-order valence-corrected chi connectivity index (χ0v) is 10.9. The quantitative estimate of drug-likeness (QED) is 0.373. The van der Waals surface area contributed by atoms with Gasteiger partial charge in [0, 0.05) is 0 Å². The number of aliphatic hydroxyl groups is 1. The number of hydrogen-bond acceptors (Lipinski definition) is 3. The van der Waals surface area contributed by atoms with E-state index in [1.54, 1.807) is 0 Å². The first-order valence-electron chi connectivity index (χ1n) is 5.73. The molecule has 6 nitrogen and oxygen atoms in total. The van der Waals surface area contributed by atoms with Crippen LogP contribution in [-0.2, 0) is 9.36 Å². The summed E-state index contributed by atoms with van der Waals surface area (Å²) in [6, 6.07) is 0. The molecule has 0 aliphatic carbocycles. The van der Waals surface area contributed by atoms with Crippen molar-refractivity contribution in [3.8, 4) is 0 Å². The molecule has 0 aromatic heterocycles. The van der Waals surface area contributed by atoms with Gasteiger partial charge in [-0.3, -0.25) is 9.36 Å². The Morgan fingerprint density at radius 2 is 1.71 bits per heavy atom. The largest absolute Gasteiger partial charge is 0.481 e.